The largest absolute Gasteiger partial charge is 0.508 e. The first-order valence-corrected chi connectivity index (χ1v) is 15.7. The minimum atomic E-state index is -0.770. The predicted octanol–water partition coefficient (Wildman–Crippen LogP) is 5.89. The number of halogens is 3. The maximum Gasteiger partial charge on any atom is 0.319 e. The summed E-state index contributed by atoms with van der Waals surface area (Å²) in [5.74, 6) is -0.365. The number of rotatable bonds is 7. The Labute approximate surface area is 254 Å². The monoisotopic (exact) mass is 603 g/mol. The molecule has 3 aliphatic heterocycles. The van der Waals surface area contributed by atoms with E-state index < -0.39 is 17.8 Å². The van der Waals surface area contributed by atoms with Crippen LogP contribution in [0.2, 0.25) is 0 Å². The zero-order valence-corrected chi connectivity index (χ0v) is 24.8. The fraction of sp³-hybridized carbons (Fsp3) is 0.471. The molecule has 3 aromatic carbocycles. The highest BCUT2D eigenvalue weighted by molar-refractivity contribution is 6.03. The maximum atomic E-state index is 16.7. The first kappa shape index (κ1) is 27.9. The number of phenolic OH excluding ortho intramolecular Hbond substituents is 1. The van der Waals surface area contributed by atoms with Crippen LogP contribution >= 0.6 is 0 Å². The lowest BCUT2D eigenvalue weighted by molar-refractivity contribution is 0.165. The van der Waals surface area contributed by atoms with Crippen molar-refractivity contribution in [2.45, 2.75) is 57.3 Å². The zero-order chi connectivity index (χ0) is 30.2. The van der Waals surface area contributed by atoms with Crippen molar-refractivity contribution in [2.24, 2.45) is 5.41 Å². The van der Waals surface area contributed by atoms with Crippen LogP contribution in [0.5, 0.6) is 11.8 Å². The summed E-state index contributed by atoms with van der Waals surface area (Å²) >= 11 is 0. The molecular weight excluding hydrogens is 567 g/mol. The van der Waals surface area contributed by atoms with Gasteiger partial charge in [-0.2, -0.15) is 9.97 Å². The third-order valence-electron chi connectivity index (χ3n) is 10.1. The van der Waals surface area contributed by atoms with Gasteiger partial charge >= 0.3 is 6.01 Å². The highest BCUT2D eigenvalue weighted by Crippen LogP contribution is 2.47. The second-order valence-corrected chi connectivity index (χ2v) is 13.4. The van der Waals surface area contributed by atoms with Gasteiger partial charge in [0.2, 0.25) is 0 Å². The Morgan fingerprint density at radius 1 is 1.00 bits per heavy atom. The molecule has 230 valence electrons. The molecule has 2 unspecified atom stereocenters. The van der Waals surface area contributed by atoms with Gasteiger partial charge in [0.15, 0.2) is 5.82 Å². The van der Waals surface area contributed by atoms with Crippen LogP contribution in [0.15, 0.2) is 36.4 Å². The van der Waals surface area contributed by atoms with Gasteiger partial charge in [0, 0.05) is 61.2 Å². The van der Waals surface area contributed by atoms with E-state index in [4.69, 9.17) is 9.72 Å². The molecule has 0 amide bonds. The molecule has 4 aromatic rings. The van der Waals surface area contributed by atoms with Crippen LogP contribution in [0.4, 0.5) is 19.0 Å². The van der Waals surface area contributed by atoms with Crippen molar-refractivity contribution in [3.8, 4) is 22.9 Å². The number of aromatic nitrogens is 2. The van der Waals surface area contributed by atoms with Crippen LogP contribution in [-0.4, -0.2) is 77.6 Å². The van der Waals surface area contributed by atoms with Crippen LogP contribution in [0.3, 0.4) is 0 Å². The van der Waals surface area contributed by atoms with E-state index in [0.29, 0.717) is 64.8 Å². The number of fused-ring (bicyclic) bond motifs is 4. The number of anilines is 1. The van der Waals surface area contributed by atoms with E-state index in [-0.39, 0.29) is 28.3 Å². The number of aryl methyl sites for hydroxylation is 1. The number of nitrogens with zero attached hydrogens (tertiary/aromatic N) is 4. The van der Waals surface area contributed by atoms with E-state index in [9.17, 15) is 13.9 Å². The lowest BCUT2D eigenvalue weighted by atomic mass is 9.93. The summed E-state index contributed by atoms with van der Waals surface area (Å²) in [6.45, 7) is 5.54. The van der Waals surface area contributed by atoms with Gasteiger partial charge in [0.05, 0.1) is 6.61 Å². The molecule has 2 N–H and O–H groups in total. The molecule has 44 heavy (non-hydrogen) atoms. The molecule has 1 aliphatic carbocycles. The van der Waals surface area contributed by atoms with E-state index in [2.05, 4.69) is 20.1 Å². The molecule has 4 fully saturated rings. The van der Waals surface area contributed by atoms with Crippen molar-refractivity contribution in [2.75, 3.05) is 44.2 Å². The molecule has 3 atom stereocenters. The number of hydrogen-bond donors (Lipinski definition) is 2. The topological polar surface area (TPSA) is 73.8 Å². The highest BCUT2D eigenvalue weighted by Gasteiger charge is 2.46. The van der Waals surface area contributed by atoms with Gasteiger partial charge < -0.3 is 20.1 Å². The van der Waals surface area contributed by atoms with Crippen molar-refractivity contribution in [1.29, 1.82) is 0 Å². The smallest absolute Gasteiger partial charge is 0.319 e. The van der Waals surface area contributed by atoms with Gasteiger partial charge in [-0.3, -0.25) is 4.90 Å². The van der Waals surface area contributed by atoms with Gasteiger partial charge in [-0.15, -0.1) is 0 Å². The van der Waals surface area contributed by atoms with Crippen LogP contribution in [0.25, 0.3) is 32.8 Å². The Morgan fingerprint density at radius 2 is 1.80 bits per heavy atom. The predicted molar refractivity (Wildman–Crippen MR) is 164 cm³/mol. The van der Waals surface area contributed by atoms with Crippen molar-refractivity contribution >= 4 is 27.5 Å². The average molecular weight is 604 g/mol. The molecule has 3 saturated heterocycles. The second kappa shape index (κ2) is 10.5. The fourth-order valence-electron chi connectivity index (χ4n) is 7.57. The maximum absolute atomic E-state index is 16.7. The molecule has 0 spiro atoms. The molecule has 1 saturated carbocycles. The summed E-state index contributed by atoms with van der Waals surface area (Å²) in [5, 5.41) is 15.9. The Bertz CT molecular complexity index is 1770. The summed E-state index contributed by atoms with van der Waals surface area (Å²) in [6, 6.07) is 10.3. The van der Waals surface area contributed by atoms with Gasteiger partial charge in [0.25, 0.3) is 0 Å². The molecule has 8 rings (SSSR count). The third kappa shape index (κ3) is 4.92. The molecule has 7 nitrogen and oxygen atoms in total. The van der Waals surface area contributed by atoms with Gasteiger partial charge in [-0.25, -0.2) is 13.2 Å². The van der Waals surface area contributed by atoms with Crippen LogP contribution in [0.1, 0.15) is 37.7 Å². The van der Waals surface area contributed by atoms with Crippen molar-refractivity contribution < 1.29 is 23.0 Å². The lowest BCUT2D eigenvalue weighted by Crippen LogP contribution is -2.51. The van der Waals surface area contributed by atoms with Crippen LogP contribution in [0, 0.1) is 24.0 Å². The Morgan fingerprint density at radius 3 is 2.52 bits per heavy atom. The third-order valence-corrected chi connectivity index (χ3v) is 10.1. The summed E-state index contributed by atoms with van der Waals surface area (Å²) in [4.78, 5) is 13.9. The number of aromatic hydroxyl groups is 1. The SMILES string of the molecule is Cc1c(F)ccc2cc(O)cc(-c3ccc4c(N5CC6CCC(C5)N6)nc(OCC5(CN6CC[C@@H](F)C6)CC5)nc4c3F)c12. The zero-order valence-electron chi connectivity index (χ0n) is 24.8. The quantitative estimate of drug-likeness (QED) is 0.273. The lowest BCUT2D eigenvalue weighted by Gasteiger charge is -2.34. The number of likely N-dealkylation sites (tertiary alicyclic amines) is 1. The second-order valence-electron chi connectivity index (χ2n) is 13.4. The minimum absolute atomic E-state index is 0.0338. The van der Waals surface area contributed by atoms with Gasteiger partial charge in [-0.05, 0) is 85.2 Å². The number of alkyl halides is 1. The van der Waals surface area contributed by atoms with Crippen molar-refractivity contribution in [3.05, 3.63) is 53.6 Å². The Balaban J connectivity index is 1.21. The first-order chi connectivity index (χ1) is 21.2. The van der Waals surface area contributed by atoms with E-state index in [0.717, 1.165) is 51.9 Å². The van der Waals surface area contributed by atoms with E-state index in [1.807, 2.05) is 6.07 Å². The van der Waals surface area contributed by atoms with Crippen molar-refractivity contribution in [3.63, 3.8) is 0 Å². The first-order valence-electron chi connectivity index (χ1n) is 15.7. The van der Waals surface area contributed by atoms with Crippen LogP contribution in [-0.2, 0) is 0 Å². The van der Waals surface area contributed by atoms with Gasteiger partial charge in [-0.1, -0.05) is 12.1 Å². The normalized spacial score (nSPS) is 24.5. The summed E-state index contributed by atoms with van der Waals surface area (Å²) in [5.41, 5.74) is 1.06. The van der Waals surface area contributed by atoms with Crippen LogP contribution < -0.4 is 15.0 Å². The van der Waals surface area contributed by atoms with E-state index in [1.54, 1.807) is 25.1 Å². The highest BCUT2D eigenvalue weighted by atomic mass is 19.1. The molecule has 2 bridgehead atoms. The molecule has 4 aliphatic rings. The molecule has 0 radical (unpaired) electrons. The Kier molecular flexibility index (Phi) is 6.64. The molecule has 1 aromatic heterocycles. The fourth-order valence-corrected chi connectivity index (χ4v) is 7.57. The molecule has 10 heteroatoms. The van der Waals surface area contributed by atoms with E-state index in [1.165, 1.54) is 12.1 Å². The molecule has 4 heterocycles. The standard InChI is InChI=1S/C34H36F3N5O2/c1-19-28(36)7-2-20-12-24(43)13-27(29(19)20)25-5-6-26-31(30(25)37)39-33(40-32(26)42-15-22-3-4-23(16-42)38-22)44-18-34(9-10-34)17-41-11-8-21(35)14-41/h2,5-7,12-13,21-23,38,43H,3-4,8-11,14-18H2,1H3/t21-,22?,23?/m1/s1. The number of phenols is 1. The number of piperazine rings is 1. The summed E-state index contributed by atoms with van der Waals surface area (Å²) in [7, 11) is 0. The van der Waals surface area contributed by atoms with Gasteiger partial charge in [0.1, 0.15) is 29.1 Å². The summed E-state index contributed by atoms with van der Waals surface area (Å²) < 4.78 is 51.5. The summed E-state index contributed by atoms with van der Waals surface area (Å²) in [6.07, 6.45) is 3.95. The number of hydrogen-bond acceptors (Lipinski definition) is 7. The number of nitrogens with one attached hydrogen (secondary N) is 1. The van der Waals surface area contributed by atoms with Crippen molar-refractivity contribution in [1.82, 2.24) is 20.2 Å². The molecular formula is C34H36F3N5O2. The van der Waals surface area contributed by atoms with E-state index >= 15 is 4.39 Å². The number of ether oxygens (including phenoxy) is 1. The average Bonchev–Trinajstić information content (AvgIpc) is 3.52. The number of benzene rings is 3. The Hall–Kier alpha value is -3.63. The minimum Gasteiger partial charge on any atom is -0.508 e.